The molecule has 5 heteroatoms. The minimum atomic E-state index is -0.770. The number of hydrogen-bond donors (Lipinski definition) is 1. The van der Waals surface area contributed by atoms with Crippen molar-refractivity contribution in [2.75, 3.05) is 13.2 Å². The molecule has 0 spiro atoms. The van der Waals surface area contributed by atoms with Gasteiger partial charge in [0.05, 0.1) is 6.61 Å². The van der Waals surface area contributed by atoms with Crippen LogP contribution in [0.1, 0.15) is 502 Å². The highest BCUT2D eigenvalue weighted by molar-refractivity contribution is 5.70. The highest BCUT2D eigenvalue weighted by Crippen LogP contribution is 2.21. The SMILES string of the molecule is CCCCCCC/C=C\C/C=C\C/C=C\CCCCCCCCCCCCCCCCCCCCCCCCCCC(=O)OC(CO)COC(=O)CCCCCCCCCCCCCCCCCCCCCCCCCCCCCCCCCCCCCCCCCCC. The van der Waals surface area contributed by atoms with E-state index < -0.39 is 6.10 Å². The van der Waals surface area contributed by atoms with Gasteiger partial charge in [0.2, 0.25) is 0 Å². The summed E-state index contributed by atoms with van der Waals surface area (Å²) < 4.78 is 10.8. The van der Waals surface area contributed by atoms with Crippen LogP contribution in [-0.4, -0.2) is 36.4 Å². The average molecular weight is 1320 g/mol. The Kier molecular flexibility index (Phi) is 83.6. The second-order valence-electron chi connectivity index (χ2n) is 30.0. The van der Waals surface area contributed by atoms with Crippen molar-refractivity contribution in [2.24, 2.45) is 0 Å². The van der Waals surface area contributed by atoms with E-state index in [-0.39, 0.29) is 25.2 Å². The van der Waals surface area contributed by atoms with Gasteiger partial charge in [0.25, 0.3) is 0 Å². The molecule has 0 rings (SSSR count). The standard InChI is InChI=1S/C89H170O5/c1-3-5-7-9-11-13-15-17-19-21-23-25-27-29-31-33-35-37-39-41-43-44-46-47-49-51-53-55-57-59-61-63-65-67-69-71-73-75-77-79-81-83-88(91)93-86-87(85-90)94-89(92)84-82-80-78-76-74-72-70-68-66-64-62-60-58-56-54-52-50-48-45-42-40-38-36-34-32-30-28-26-24-22-20-18-16-14-12-10-8-6-4-2/h16,18,22,24,28,30,87,90H,3-15,17,19-21,23,25-27,29,31-86H2,1-2H3/b18-16-,24-22-,30-28-. The van der Waals surface area contributed by atoms with Crippen molar-refractivity contribution in [3.8, 4) is 0 Å². The van der Waals surface area contributed by atoms with Crippen molar-refractivity contribution in [1.82, 2.24) is 0 Å². The highest BCUT2D eigenvalue weighted by atomic mass is 16.6. The zero-order valence-electron chi connectivity index (χ0n) is 64.3. The van der Waals surface area contributed by atoms with E-state index in [9.17, 15) is 14.7 Å². The van der Waals surface area contributed by atoms with Gasteiger partial charge in [-0.2, -0.15) is 0 Å². The zero-order chi connectivity index (χ0) is 67.5. The molecule has 0 aliphatic carbocycles. The molecular weight excluding hydrogens is 1150 g/mol. The molecule has 1 unspecified atom stereocenters. The monoisotopic (exact) mass is 1320 g/mol. The fourth-order valence-electron chi connectivity index (χ4n) is 13.9. The number of rotatable bonds is 83. The number of carbonyl (C=O) groups is 2. The third-order valence-electron chi connectivity index (χ3n) is 20.4. The number of hydrogen-bond acceptors (Lipinski definition) is 5. The maximum Gasteiger partial charge on any atom is 0.306 e. The van der Waals surface area contributed by atoms with Gasteiger partial charge in [-0.15, -0.1) is 0 Å². The van der Waals surface area contributed by atoms with E-state index in [1.165, 1.54) is 430 Å². The maximum atomic E-state index is 12.4. The van der Waals surface area contributed by atoms with E-state index in [1.54, 1.807) is 0 Å². The molecule has 0 aromatic heterocycles. The molecular formula is C89H170O5. The van der Waals surface area contributed by atoms with E-state index in [4.69, 9.17) is 9.47 Å². The van der Waals surface area contributed by atoms with E-state index in [0.717, 1.165) is 44.9 Å². The number of carbonyl (C=O) groups excluding carboxylic acids is 2. The molecule has 0 aliphatic heterocycles. The predicted octanol–water partition coefficient (Wildman–Crippen LogP) is 30.8. The zero-order valence-corrected chi connectivity index (χ0v) is 64.3. The van der Waals surface area contributed by atoms with Crippen LogP contribution in [0.2, 0.25) is 0 Å². The van der Waals surface area contributed by atoms with Crippen molar-refractivity contribution < 1.29 is 24.2 Å². The van der Waals surface area contributed by atoms with Gasteiger partial charge in [-0.1, -0.05) is 474 Å². The number of aliphatic hydroxyl groups is 1. The maximum absolute atomic E-state index is 12.4. The smallest absolute Gasteiger partial charge is 0.306 e. The summed E-state index contributed by atoms with van der Waals surface area (Å²) in [6, 6.07) is 0. The van der Waals surface area contributed by atoms with Crippen LogP contribution in [0.3, 0.4) is 0 Å². The average Bonchev–Trinajstić information content (AvgIpc) is 3.65. The van der Waals surface area contributed by atoms with Crippen LogP contribution in [0, 0.1) is 0 Å². The minimum Gasteiger partial charge on any atom is -0.462 e. The first-order valence-electron chi connectivity index (χ1n) is 43.5. The van der Waals surface area contributed by atoms with E-state index in [0.29, 0.717) is 12.8 Å². The van der Waals surface area contributed by atoms with Crippen molar-refractivity contribution in [3.63, 3.8) is 0 Å². The normalized spacial score (nSPS) is 12.2. The van der Waals surface area contributed by atoms with Gasteiger partial charge in [-0.05, 0) is 51.4 Å². The molecule has 556 valence electrons. The summed E-state index contributed by atoms with van der Waals surface area (Å²) in [4.78, 5) is 24.8. The topological polar surface area (TPSA) is 72.8 Å². The Bertz CT molecular complexity index is 1500. The molecule has 0 saturated carbocycles. The van der Waals surface area contributed by atoms with Crippen LogP contribution in [0.4, 0.5) is 0 Å². The molecule has 0 heterocycles. The number of allylic oxidation sites excluding steroid dienone is 6. The van der Waals surface area contributed by atoms with E-state index in [1.807, 2.05) is 0 Å². The second-order valence-corrected chi connectivity index (χ2v) is 30.0. The Morgan fingerprint density at radius 1 is 0.245 bits per heavy atom. The van der Waals surface area contributed by atoms with Crippen LogP contribution < -0.4 is 0 Å². The van der Waals surface area contributed by atoms with Gasteiger partial charge < -0.3 is 14.6 Å². The molecule has 0 bridgehead atoms. The lowest BCUT2D eigenvalue weighted by Crippen LogP contribution is -2.28. The fourth-order valence-corrected chi connectivity index (χ4v) is 13.9. The Labute approximate surface area is 590 Å². The highest BCUT2D eigenvalue weighted by Gasteiger charge is 2.16. The molecule has 0 aliphatic rings. The van der Waals surface area contributed by atoms with Gasteiger partial charge in [0, 0.05) is 12.8 Å². The fraction of sp³-hybridized carbons (Fsp3) is 0.910. The third kappa shape index (κ3) is 82.5. The van der Waals surface area contributed by atoms with Crippen LogP contribution in [0.5, 0.6) is 0 Å². The van der Waals surface area contributed by atoms with E-state index >= 15 is 0 Å². The second kappa shape index (κ2) is 85.3. The van der Waals surface area contributed by atoms with Crippen molar-refractivity contribution >= 4 is 11.9 Å². The predicted molar refractivity (Wildman–Crippen MR) is 418 cm³/mol. The van der Waals surface area contributed by atoms with Crippen LogP contribution in [0.15, 0.2) is 36.5 Å². The third-order valence-corrected chi connectivity index (χ3v) is 20.4. The largest absolute Gasteiger partial charge is 0.462 e. The van der Waals surface area contributed by atoms with Crippen molar-refractivity contribution in [3.05, 3.63) is 36.5 Å². The first kappa shape index (κ1) is 92.1. The van der Waals surface area contributed by atoms with Crippen LogP contribution in [0.25, 0.3) is 0 Å². The molecule has 0 aromatic rings. The lowest BCUT2D eigenvalue weighted by atomic mass is 10.0. The van der Waals surface area contributed by atoms with Gasteiger partial charge in [0.15, 0.2) is 6.10 Å². The summed E-state index contributed by atoms with van der Waals surface area (Å²) in [6.07, 6.45) is 116. The Hall–Kier alpha value is -1.88. The molecule has 94 heavy (non-hydrogen) atoms. The number of esters is 2. The summed E-state index contributed by atoms with van der Waals surface area (Å²) >= 11 is 0. The van der Waals surface area contributed by atoms with E-state index in [2.05, 4.69) is 50.3 Å². The van der Waals surface area contributed by atoms with Gasteiger partial charge in [-0.25, -0.2) is 0 Å². The Morgan fingerprint density at radius 2 is 0.426 bits per heavy atom. The Balaban J connectivity index is 3.34. The quantitative estimate of drug-likeness (QED) is 0.0373. The first-order valence-corrected chi connectivity index (χ1v) is 43.5. The molecule has 1 atom stereocenters. The molecule has 1 N–H and O–H groups in total. The first-order chi connectivity index (χ1) is 46.6. The molecule has 0 aromatic carbocycles. The summed E-state index contributed by atoms with van der Waals surface area (Å²) in [5.74, 6) is -0.559. The lowest BCUT2D eigenvalue weighted by Gasteiger charge is -2.15. The van der Waals surface area contributed by atoms with Crippen LogP contribution in [-0.2, 0) is 19.1 Å². The molecule has 0 saturated heterocycles. The summed E-state index contributed by atoms with van der Waals surface area (Å²) in [5.41, 5.74) is 0. The Morgan fingerprint density at radius 3 is 0.638 bits per heavy atom. The number of unbranched alkanes of at least 4 members (excludes halogenated alkanes) is 69. The minimum absolute atomic E-state index is 0.0575. The molecule has 0 radical (unpaired) electrons. The summed E-state index contributed by atoms with van der Waals surface area (Å²) in [6.45, 7) is 4.21. The number of aliphatic hydroxyl groups excluding tert-OH is 1. The molecule has 0 amide bonds. The van der Waals surface area contributed by atoms with Crippen molar-refractivity contribution in [2.45, 2.75) is 508 Å². The molecule has 5 nitrogen and oxygen atoms in total. The lowest BCUT2D eigenvalue weighted by molar-refractivity contribution is -0.161. The van der Waals surface area contributed by atoms with Gasteiger partial charge >= 0.3 is 11.9 Å². The van der Waals surface area contributed by atoms with Gasteiger partial charge in [-0.3, -0.25) is 9.59 Å². The van der Waals surface area contributed by atoms with Gasteiger partial charge in [0.1, 0.15) is 6.61 Å². The molecule has 0 fully saturated rings. The summed E-state index contributed by atoms with van der Waals surface area (Å²) in [7, 11) is 0. The number of ether oxygens (including phenoxy) is 2. The van der Waals surface area contributed by atoms with Crippen LogP contribution >= 0.6 is 0 Å². The summed E-state index contributed by atoms with van der Waals surface area (Å²) in [5, 5.41) is 9.74. The van der Waals surface area contributed by atoms with Crippen molar-refractivity contribution in [1.29, 1.82) is 0 Å².